The molecule has 0 fully saturated rings. The fourth-order valence-electron chi connectivity index (χ4n) is 4.27. The molecular weight excluding hydrogens is 590 g/mol. The summed E-state index contributed by atoms with van der Waals surface area (Å²) < 4.78 is 7.29. The number of unbranched alkanes of at least 4 members (excludes halogenated alkanes) is 1. The summed E-state index contributed by atoms with van der Waals surface area (Å²) in [6, 6.07) is 13.3. The predicted molar refractivity (Wildman–Crippen MR) is 171 cm³/mol. The third-order valence-corrected chi connectivity index (χ3v) is 8.61. The molecule has 2 aromatic heterocycles. The fraction of sp³-hybridized carbons (Fsp3) is 0.267. The van der Waals surface area contributed by atoms with Gasteiger partial charge in [0.1, 0.15) is 16.6 Å². The Balaban J connectivity index is 1.73. The maximum atomic E-state index is 12.0. The number of methoxy groups -OCH3 is 1. The van der Waals surface area contributed by atoms with Crippen LogP contribution in [-0.4, -0.2) is 24.0 Å². The second kappa shape index (κ2) is 14.1. The summed E-state index contributed by atoms with van der Waals surface area (Å²) >= 11 is 9.16. The molecule has 0 saturated carbocycles. The third-order valence-electron chi connectivity index (χ3n) is 6.20. The lowest BCUT2D eigenvalue weighted by molar-refractivity contribution is -0.114. The van der Waals surface area contributed by atoms with Crippen molar-refractivity contribution in [2.45, 2.75) is 46.1 Å². The third kappa shape index (κ3) is 7.12. The summed E-state index contributed by atoms with van der Waals surface area (Å²) in [4.78, 5) is 20.4. The number of nitrogens with zero attached hydrogens (tertiary/aromatic N) is 5. The summed E-state index contributed by atoms with van der Waals surface area (Å²) in [5, 5.41) is 26.5. The van der Waals surface area contributed by atoms with Crippen LogP contribution in [0.3, 0.4) is 0 Å². The molecule has 214 valence electrons. The molecule has 1 atom stereocenters. The molecule has 2 aromatic carbocycles. The molecule has 0 spiro atoms. The minimum absolute atomic E-state index is 0.0105. The van der Waals surface area contributed by atoms with Crippen LogP contribution >= 0.6 is 34.3 Å². The molecule has 0 aliphatic carbocycles. The molecule has 12 heteroatoms. The van der Waals surface area contributed by atoms with E-state index in [4.69, 9.17) is 22.9 Å². The van der Waals surface area contributed by atoms with Crippen molar-refractivity contribution in [3.05, 3.63) is 67.6 Å². The summed E-state index contributed by atoms with van der Waals surface area (Å²) in [5.74, 6) is 0.317. The molecule has 42 heavy (non-hydrogen) atoms. The van der Waals surface area contributed by atoms with Gasteiger partial charge in [0.2, 0.25) is 11.0 Å². The van der Waals surface area contributed by atoms with E-state index in [9.17, 15) is 10.1 Å². The highest BCUT2D eigenvalue weighted by molar-refractivity contribution is 7.18. The Morgan fingerprint density at radius 1 is 1.29 bits per heavy atom. The monoisotopic (exact) mass is 617 g/mol. The molecule has 0 radical (unpaired) electrons. The molecule has 0 aliphatic rings. The van der Waals surface area contributed by atoms with Crippen LogP contribution in [0.15, 0.2) is 46.6 Å². The zero-order valence-electron chi connectivity index (χ0n) is 23.5. The van der Waals surface area contributed by atoms with Gasteiger partial charge in [-0.3, -0.25) is 4.79 Å². The summed E-state index contributed by atoms with van der Waals surface area (Å²) in [6.45, 7) is 13.2. The van der Waals surface area contributed by atoms with E-state index in [0.29, 0.717) is 32.4 Å². The number of anilines is 2. The van der Waals surface area contributed by atoms with Crippen LogP contribution in [0.1, 0.15) is 44.9 Å². The highest BCUT2D eigenvalue weighted by Gasteiger charge is 2.15. The van der Waals surface area contributed by atoms with Gasteiger partial charge in [-0.05, 0) is 36.9 Å². The van der Waals surface area contributed by atoms with E-state index in [1.165, 1.54) is 29.6 Å². The van der Waals surface area contributed by atoms with Gasteiger partial charge in [0.05, 0.1) is 36.0 Å². The number of halogens is 1. The average molecular weight is 618 g/mol. The number of benzene rings is 2. The van der Waals surface area contributed by atoms with Crippen molar-refractivity contribution >= 4 is 84.2 Å². The molecule has 1 unspecified atom stereocenters. The lowest BCUT2D eigenvalue weighted by Crippen LogP contribution is -2.20. The number of nitrogens with one attached hydrogen (secondary N) is 2. The first kappa shape index (κ1) is 30.7. The van der Waals surface area contributed by atoms with Gasteiger partial charge in [-0.2, -0.15) is 0 Å². The fourth-order valence-corrected chi connectivity index (χ4v) is 6.51. The van der Waals surface area contributed by atoms with Gasteiger partial charge < -0.3 is 15.4 Å². The predicted octanol–water partition coefficient (Wildman–Crippen LogP) is 7.76. The summed E-state index contributed by atoms with van der Waals surface area (Å²) in [5.41, 5.74) is 1.62. The number of fused-ring (bicyclic) bond motifs is 1. The Hall–Kier alpha value is -4.29. The standard InChI is InChI=1S/C30H28ClN7O2S2/c1-6-7-10-17(2)34-22-13-20(35-18(3)39)21(14-24(22)40-5)37-38-30-36-29(31)27(42-30)15-26-28(23(16-32)33-4)19-11-8-9-12-25(19)41-26/h8-9,11-15,17,34H,6-7,10H2,1-3,5H3,(H,35,39). The Morgan fingerprint density at radius 2 is 2.07 bits per heavy atom. The van der Waals surface area contributed by atoms with Gasteiger partial charge in [-0.25, -0.2) is 15.1 Å². The van der Waals surface area contributed by atoms with Crippen LogP contribution in [-0.2, 0) is 4.79 Å². The SMILES string of the molecule is [C-]#[N+]C(C#N)=c1c(=Cc2sc(N=Nc3cc(OC)c(NC(C)CCCC)cc3NC(C)=O)nc2Cl)sc2ccccc12. The minimum atomic E-state index is -0.247. The Bertz CT molecular complexity index is 1850. The number of amides is 1. The van der Waals surface area contributed by atoms with Crippen LogP contribution in [0.2, 0.25) is 5.15 Å². The number of nitriles is 1. The number of hydrogen-bond donors (Lipinski definition) is 2. The van der Waals surface area contributed by atoms with Gasteiger partial charge in [0.25, 0.3) is 5.70 Å². The van der Waals surface area contributed by atoms with E-state index in [1.54, 1.807) is 19.2 Å². The topological polar surface area (TPSA) is 116 Å². The van der Waals surface area contributed by atoms with Crippen molar-refractivity contribution in [2.75, 3.05) is 17.7 Å². The molecule has 1 amide bonds. The molecule has 2 heterocycles. The zero-order chi connectivity index (χ0) is 30.2. The van der Waals surface area contributed by atoms with Crippen LogP contribution in [0.4, 0.5) is 22.2 Å². The normalized spacial score (nSPS) is 13.1. The Morgan fingerprint density at radius 3 is 2.76 bits per heavy atom. The second-order valence-electron chi connectivity index (χ2n) is 9.34. The van der Waals surface area contributed by atoms with E-state index in [2.05, 4.69) is 44.5 Å². The van der Waals surface area contributed by atoms with Crippen LogP contribution in [0.25, 0.3) is 26.7 Å². The number of rotatable bonds is 10. The molecule has 4 aromatic rings. The van der Waals surface area contributed by atoms with Crippen LogP contribution in [0.5, 0.6) is 5.75 Å². The van der Waals surface area contributed by atoms with Gasteiger partial charge in [-0.1, -0.05) is 60.9 Å². The number of ether oxygens (including phenoxy) is 1. The molecular formula is C30H28ClN7O2S2. The number of aromatic nitrogens is 1. The first-order valence-corrected chi connectivity index (χ1v) is 15.1. The largest absolute Gasteiger partial charge is 0.495 e. The number of hydrogen-bond acceptors (Lipinski definition) is 9. The van der Waals surface area contributed by atoms with Crippen molar-refractivity contribution in [1.29, 1.82) is 5.26 Å². The van der Waals surface area contributed by atoms with Crippen LogP contribution in [0, 0.1) is 17.9 Å². The highest BCUT2D eigenvalue weighted by Crippen LogP contribution is 2.39. The Kier molecular flexibility index (Phi) is 10.3. The van der Waals surface area contributed by atoms with Gasteiger partial charge in [0.15, 0.2) is 0 Å². The van der Waals surface area contributed by atoms with Crippen LogP contribution < -0.4 is 25.1 Å². The lowest BCUT2D eigenvalue weighted by atomic mass is 10.1. The van der Waals surface area contributed by atoms with Crippen molar-refractivity contribution in [3.63, 3.8) is 0 Å². The highest BCUT2D eigenvalue weighted by atomic mass is 35.5. The van der Waals surface area contributed by atoms with E-state index in [-0.39, 0.29) is 22.8 Å². The van der Waals surface area contributed by atoms with E-state index < -0.39 is 0 Å². The lowest BCUT2D eigenvalue weighted by Gasteiger charge is -2.19. The second-order valence-corrected chi connectivity index (χ2v) is 11.8. The maximum absolute atomic E-state index is 12.0. The van der Waals surface area contributed by atoms with Gasteiger partial charge in [0, 0.05) is 33.5 Å². The molecule has 2 N–H and O–H groups in total. The van der Waals surface area contributed by atoms with Crippen molar-refractivity contribution in [3.8, 4) is 11.8 Å². The first-order chi connectivity index (χ1) is 20.3. The summed E-state index contributed by atoms with van der Waals surface area (Å²) in [7, 11) is 1.57. The number of carbonyl (C=O) groups is 1. The molecule has 0 aliphatic heterocycles. The number of carbonyl (C=O) groups excluding carboxylic acids is 1. The average Bonchev–Trinajstić information content (AvgIpc) is 3.51. The zero-order valence-corrected chi connectivity index (χ0v) is 25.9. The summed E-state index contributed by atoms with van der Waals surface area (Å²) in [6.07, 6.45) is 5.01. The number of thiophene rings is 1. The smallest absolute Gasteiger partial charge is 0.271 e. The number of thiazole rings is 1. The molecule has 9 nitrogen and oxygen atoms in total. The Labute approximate surface area is 256 Å². The molecule has 0 bridgehead atoms. The van der Waals surface area contributed by atoms with E-state index in [1.807, 2.05) is 36.4 Å². The number of azo groups is 1. The van der Waals surface area contributed by atoms with Gasteiger partial charge in [-0.15, -0.1) is 21.6 Å². The van der Waals surface area contributed by atoms with Gasteiger partial charge >= 0.3 is 0 Å². The maximum Gasteiger partial charge on any atom is 0.271 e. The van der Waals surface area contributed by atoms with Crippen molar-refractivity contribution in [2.24, 2.45) is 10.2 Å². The van der Waals surface area contributed by atoms with E-state index in [0.717, 1.165) is 39.6 Å². The minimum Gasteiger partial charge on any atom is -0.495 e. The molecule has 4 rings (SSSR count). The van der Waals surface area contributed by atoms with Crippen molar-refractivity contribution in [1.82, 2.24) is 4.98 Å². The molecule has 0 saturated heterocycles. The van der Waals surface area contributed by atoms with E-state index >= 15 is 0 Å². The van der Waals surface area contributed by atoms with Crippen molar-refractivity contribution < 1.29 is 9.53 Å². The first-order valence-electron chi connectivity index (χ1n) is 13.1. The quantitative estimate of drug-likeness (QED) is 0.139.